The number of nitrogens with zero attached hydrogens (tertiary/aromatic N) is 3. The molecule has 0 atom stereocenters. The Bertz CT molecular complexity index is 969. The zero-order valence-electron chi connectivity index (χ0n) is 14.0. The quantitative estimate of drug-likeness (QED) is 0.642. The predicted octanol–water partition coefficient (Wildman–Crippen LogP) is 4.70. The van der Waals surface area contributed by atoms with Crippen molar-refractivity contribution in [1.29, 1.82) is 0 Å². The molecule has 0 amide bonds. The summed E-state index contributed by atoms with van der Waals surface area (Å²) in [7, 11) is 0. The second-order valence-corrected chi connectivity index (χ2v) is 5.83. The van der Waals surface area contributed by atoms with Gasteiger partial charge in [-0.3, -0.25) is 4.79 Å². The van der Waals surface area contributed by atoms with Crippen molar-refractivity contribution in [2.75, 3.05) is 6.61 Å². The minimum Gasteiger partial charge on any atom is -0.463 e. The van der Waals surface area contributed by atoms with Crippen LogP contribution in [0.5, 0.6) is 6.01 Å². The van der Waals surface area contributed by atoms with E-state index in [0.29, 0.717) is 10.6 Å². The fraction of sp³-hybridized carbons (Fsp3) is 0.167. The van der Waals surface area contributed by atoms with Gasteiger partial charge in [0.05, 0.1) is 17.2 Å². The number of carbonyl (C=O) groups excluding carboxylic acids is 1. The van der Waals surface area contributed by atoms with E-state index in [9.17, 15) is 18.0 Å². The third-order valence-electron chi connectivity index (χ3n) is 3.63. The van der Waals surface area contributed by atoms with E-state index in [1.807, 2.05) is 0 Å². The van der Waals surface area contributed by atoms with Gasteiger partial charge in [0.15, 0.2) is 5.82 Å². The molecule has 9 heteroatoms. The molecule has 0 saturated carbocycles. The van der Waals surface area contributed by atoms with E-state index in [1.165, 1.54) is 0 Å². The minimum atomic E-state index is -4.49. The Hall–Kier alpha value is -2.87. The van der Waals surface area contributed by atoms with Gasteiger partial charge in [-0.2, -0.15) is 22.8 Å². The van der Waals surface area contributed by atoms with Gasteiger partial charge < -0.3 is 4.74 Å². The zero-order valence-corrected chi connectivity index (χ0v) is 14.8. The topological polar surface area (TPSA) is 57.0 Å². The van der Waals surface area contributed by atoms with Crippen molar-refractivity contribution in [2.45, 2.75) is 13.1 Å². The van der Waals surface area contributed by atoms with Gasteiger partial charge in [0.1, 0.15) is 0 Å². The van der Waals surface area contributed by atoms with Crippen molar-refractivity contribution in [2.24, 2.45) is 0 Å². The fourth-order valence-corrected chi connectivity index (χ4v) is 2.59. The van der Waals surface area contributed by atoms with E-state index in [0.717, 1.165) is 28.9 Å². The van der Waals surface area contributed by atoms with Crippen molar-refractivity contribution in [3.05, 3.63) is 64.7 Å². The number of hydrogen-bond acceptors (Lipinski definition) is 4. The average molecular weight is 396 g/mol. The molecule has 140 valence electrons. The van der Waals surface area contributed by atoms with Crippen molar-refractivity contribution >= 4 is 17.5 Å². The molecular weight excluding hydrogens is 383 g/mol. The molecule has 0 saturated heterocycles. The van der Waals surface area contributed by atoms with Crippen LogP contribution in [0.3, 0.4) is 0 Å². The van der Waals surface area contributed by atoms with Crippen LogP contribution in [0.2, 0.25) is 5.02 Å². The Morgan fingerprint density at radius 3 is 2.41 bits per heavy atom. The second kappa shape index (κ2) is 7.40. The molecule has 0 N–H and O–H groups in total. The van der Waals surface area contributed by atoms with Crippen molar-refractivity contribution < 1.29 is 22.7 Å². The van der Waals surface area contributed by atoms with E-state index in [1.54, 1.807) is 31.2 Å². The molecule has 0 aliphatic heterocycles. The molecule has 0 aliphatic carbocycles. The van der Waals surface area contributed by atoms with Gasteiger partial charge in [0.25, 0.3) is 5.91 Å². The molecule has 2 aromatic carbocycles. The summed E-state index contributed by atoms with van der Waals surface area (Å²) < 4.78 is 44.4. The number of benzene rings is 2. The molecule has 0 radical (unpaired) electrons. The minimum absolute atomic E-state index is 0.0178. The normalized spacial score (nSPS) is 11.4. The Kier molecular flexibility index (Phi) is 5.18. The zero-order chi connectivity index (χ0) is 19.6. The van der Waals surface area contributed by atoms with Crippen LogP contribution in [0.25, 0.3) is 11.4 Å². The second-order valence-electron chi connectivity index (χ2n) is 5.42. The van der Waals surface area contributed by atoms with E-state index >= 15 is 0 Å². The number of ether oxygens (including phenoxy) is 1. The number of hydrogen-bond donors (Lipinski definition) is 0. The van der Waals surface area contributed by atoms with E-state index < -0.39 is 17.6 Å². The first-order valence-corrected chi connectivity index (χ1v) is 8.25. The first-order valence-electron chi connectivity index (χ1n) is 7.88. The maximum Gasteiger partial charge on any atom is 0.416 e. The lowest BCUT2D eigenvalue weighted by Crippen LogP contribution is -2.16. The first-order chi connectivity index (χ1) is 12.8. The van der Waals surface area contributed by atoms with Crippen LogP contribution in [0.15, 0.2) is 48.5 Å². The summed E-state index contributed by atoms with van der Waals surface area (Å²) in [5.74, 6) is -0.522. The Morgan fingerprint density at radius 2 is 1.81 bits per heavy atom. The SMILES string of the molecule is CCOc1nc(-c2ccccc2Cl)n(C(=O)c2ccc(C(F)(F)F)cc2)n1. The van der Waals surface area contributed by atoms with Crippen LogP contribution in [-0.4, -0.2) is 27.3 Å². The molecule has 0 unspecified atom stereocenters. The number of alkyl halides is 3. The molecule has 3 rings (SSSR count). The van der Waals surface area contributed by atoms with Crippen molar-refractivity contribution in [3.8, 4) is 17.4 Å². The highest BCUT2D eigenvalue weighted by Crippen LogP contribution is 2.30. The maximum atomic E-state index is 12.8. The standard InChI is InChI=1S/C18H13ClF3N3O2/c1-2-27-17-23-15(13-5-3-4-6-14(13)19)25(24-17)16(26)11-7-9-12(10-8-11)18(20,21)22/h3-10H,2H2,1H3. The number of aromatic nitrogens is 3. The first kappa shape index (κ1) is 18.9. The summed E-state index contributed by atoms with van der Waals surface area (Å²) in [6, 6.07) is 10.5. The van der Waals surface area contributed by atoms with Crippen molar-refractivity contribution in [1.82, 2.24) is 14.8 Å². The molecular formula is C18H13ClF3N3O2. The van der Waals surface area contributed by atoms with Gasteiger partial charge in [-0.15, -0.1) is 5.10 Å². The fourth-order valence-electron chi connectivity index (χ4n) is 2.37. The Labute approximate surface area is 157 Å². The summed E-state index contributed by atoms with van der Waals surface area (Å²) in [4.78, 5) is 17.0. The third kappa shape index (κ3) is 3.95. The van der Waals surface area contributed by atoms with Gasteiger partial charge in [0.2, 0.25) is 0 Å². The largest absolute Gasteiger partial charge is 0.463 e. The number of rotatable bonds is 4. The van der Waals surface area contributed by atoms with Crippen molar-refractivity contribution in [3.63, 3.8) is 0 Å². The lowest BCUT2D eigenvalue weighted by Gasteiger charge is -2.08. The number of carbonyl (C=O) groups is 1. The number of halogens is 4. The highest BCUT2D eigenvalue weighted by Gasteiger charge is 2.30. The average Bonchev–Trinajstić information content (AvgIpc) is 3.05. The van der Waals surface area contributed by atoms with Crippen LogP contribution in [0.1, 0.15) is 22.8 Å². The Morgan fingerprint density at radius 1 is 1.15 bits per heavy atom. The highest BCUT2D eigenvalue weighted by molar-refractivity contribution is 6.33. The predicted molar refractivity (Wildman–Crippen MR) is 92.8 cm³/mol. The van der Waals surface area contributed by atoms with Crippen LogP contribution < -0.4 is 4.74 Å². The lowest BCUT2D eigenvalue weighted by molar-refractivity contribution is -0.137. The summed E-state index contributed by atoms with van der Waals surface area (Å²) in [6.45, 7) is 2.01. The van der Waals surface area contributed by atoms with Crippen LogP contribution >= 0.6 is 11.6 Å². The maximum absolute atomic E-state index is 12.8. The molecule has 0 bridgehead atoms. The molecule has 3 aromatic rings. The highest BCUT2D eigenvalue weighted by atomic mass is 35.5. The Balaban J connectivity index is 2.05. The smallest absolute Gasteiger partial charge is 0.416 e. The van der Waals surface area contributed by atoms with E-state index in [4.69, 9.17) is 16.3 Å². The van der Waals surface area contributed by atoms with E-state index in [2.05, 4.69) is 10.1 Å². The lowest BCUT2D eigenvalue weighted by atomic mass is 10.1. The third-order valence-corrected chi connectivity index (χ3v) is 3.96. The van der Waals surface area contributed by atoms with E-state index in [-0.39, 0.29) is 24.0 Å². The van der Waals surface area contributed by atoms with Gasteiger partial charge in [0, 0.05) is 11.1 Å². The molecule has 0 aliphatic rings. The molecule has 1 heterocycles. The van der Waals surface area contributed by atoms with Gasteiger partial charge in [-0.25, -0.2) is 0 Å². The summed E-state index contributed by atoms with van der Waals surface area (Å²) in [5, 5.41) is 4.36. The molecule has 0 spiro atoms. The molecule has 27 heavy (non-hydrogen) atoms. The van der Waals surface area contributed by atoms with Crippen LogP contribution in [0, 0.1) is 0 Å². The summed E-state index contributed by atoms with van der Waals surface area (Å²) in [5.41, 5.74) is -0.388. The molecule has 5 nitrogen and oxygen atoms in total. The molecule has 1 aromatic heterocycles. The van der Waals surface area contributed by atoms with Gasteiger partial charge in [-0.05, 0) is 43.3 Å². The monoisotopic (exact) mass is 395 g/mol. The van der Waals surface area contributed by atoms with Gasteiger partial charge >= 0.3 is 12.2 Å². The summed E-state index contributed by atoms with van der Waals surface area (Å²) >= 11 is 6.18. The van der Waals surface area contributed by atoms with Crippen LogP contribution in [-0.2, 0) is 6.18 Å². The van der Waals surface area contributed by atoms with Crippen LogP contribution in [0.4, 0.5) is 13.2 Å². The summed E-state index contributed by atoms with van der Waals surface area (Å²) in [6.07, 6.45) is -4.49. The molecule has 0 fully saturated rings. The van der Waals surface area contributed by atoms with Gasteiger partial charge in [-0.1, -0.05) is 23.7 Å².